The molecule has 3 rings (SSSR count). The zero-order chi connectivity index (χ0) is 20.0. The molecule has 2 aromatic carbocycles. The van der Waals surface area contributed by atoms with Crippen molar-refractivity contribution in [2.24, 2.45) is 0 Å². The summed E-state index contributed by atoms with van der Waals surface area (Å²) < 4.78 is 33.0. The third kappa shape index (κ3) is 5.41. The molecular weight excluding hydrogens is 376 g/mol. The Morgan fingerprint density at radius 3 is 2.50 bits per heavy atom. The molecule has 0 aliphatic carbocycles. The van der Waals surface area contributed by atoms with Gasteiger partial charge in [0.15, 0.2) is 0 Å². The maximum absolute atomic E-state index is 13.1. The largest absolute Gasteiger partial charge is 0.376 e. The second-order valence-corrected chi connectivity index (χ2v) is 8.95. The number of hydrogen-bond acceptors (Lipinski definition) is 4. The van der Waals surface area contributed by atoms with Crippen LogP contribution < -0.4 is 5.32 Å². The molecule has 1 aliphatic heterocycles. The van der Waals surface area contributed by atoms with Crippen LogP contribution in [0.15, 0.2) is 59.5 Å². The van der Waals surface area contributed by atoms with Gasteiger partial charge in [-0.05, 0) is 37.5 Å². The zero-order valence-corrected chi connectivity index (χ0v) is 16.8. The van der Waals surface area contributed by atoms with Crippen molar-refractivity contribution in [2.45, 2.75) is 37.3 Å². The van der Waals surface area contributed by atoms with E-state index in [-0.39, 0.29) is 30.0 Å². The number of carbonyl (C=O) groups excluding carboxylic acids is 1. The minimum Gasteiger partial charge on any atom is -0.376 e. The highest BCUT2D eigenvalue weighted by Gasteiger charge is 2.27. The predicted molar refractivity (Wildman–Crippen MR) is 107 cm³/mol. The smallest absolute Gasteiger partial charge is 0.243 e. The van der Waals surface area contributed by atoms with Gasteiger partial charge in [-0.3, -0.25) is 4.79 Å². The van der Waals surface area contributed by atoms with Crippen LogP contribution >= 0.6 is 0 Å². The van der Waals surface area contributed by atoms with E-state index in [9.17, 15) is 13.2 Å². The normalized spacial score (nSPS) is 17.0. The molecule has 1 unspecified atom stereocenters. The molecule has 1 N–H and O–H groups in total. The number of nitrogens with zero attached hydrogens (tertiary/aromatic N) is 1. The number of hydrogen-bond donors (Lipinski definition) is 1. The molecule has 1 heterocycles. The molecule has 2 aromatic rings. The quantitative estimate of drug-likeness (QED) is 0.736. The minimum atomic E-state index is -3.80. The average molecular weight is 403 g/mol. The van der Waals surface area contributed by atoms with Crippen molar-refractivity contribution in [3.8, 4) is 0 Å². The van der Waals surface area contributed by atoms with Crippen LogP contribution in [0.25, 0.3) is 0 Å². The van der Waals surface area contributed by atoms with Crippen molar-refractivity contribution in [1.82, 2.24) is 9.62 Å². The van der Waals surface area contributed by atoms with Gasteiger partial charge in [-0.15, -0.1) is 0 Å². The lowest BCUT2D eigenvalue weighted by Gasteiger charge is -2.22. The summed E-state index contributed by atoms with van der Waals surface area (Å²) in [6.07, 6.45) is 1.92. The molecule has 1 atom stereocenters. The van der Waals surface area contributed by atoms with E-state index >= 15 is 0 Å². The van der Waals surface area contributed by atoms with Crippen LogP contribution in [0.4, 0.5) is 0 Å². The highest BCUT2D eigenvalue weighted by Crippen LogP contribution is 2.18. The molecular formula is C21H26N2O4S. The van der Waals surface area contributed by atoms with E-state index < -0.39 is 10.0 Å². The van der Waals surface area contributed by atoms with Gasteiger partial charge in [0, 0.05) is 19.7 Å². The first-order chi connectivity index (χ1) is 13.4. The van der Waals surface area contributed by atoms with E-state index in [0.717, 1.165) is 24.0 Å². The minimum absolute atomic E-state index is 0.0141. The van der Waals surface area contributed by atoms with Gasteiger partial charge < -0.3 is 10.1 Å². The molecule has 0 spiro atoms. The molecule has 150 valence electrons. The van der Waals surface area contributed by atoms with E-state index in [4.69, 9.17) is 4.74 Å². The van der Waals surface area contributed by atoms with E-state index in [1.54, 1.807) is 30.3 Å². The van der Waals surface area contributed by atoms with Crippen LogP contribution in [0.5, 0.6) is 0 Å². The number of nitrogens with one attached hydrogen (secondary N) is 1. The maximum atomic E-state index is 13.1. The van der Waals surface area contributed by atoms with E-state index in [0.29, 0.717) is 13.2 Å². The fraction of sp³-hybridized carbons (Fsp3) is 0.381. The number of carbonyl (C=O) groups is 1. The Labute approximate surface area is 166 Å². The molecule has 6 nitrogen and oxygen atoms in total. The first-order valence-corrected chi connectivity index (χ1v) is 10.9. The molecule has 0 saturated carbocycles. The summed E-state index contributed by atoms with van der Waals surface area (Å²) in [4.78, 5) is 12.6. The van der Waals surface area contributed by atoms with Gasteiger partial charge in [-0.2, -0.15) is 4.31 Å². The third-order valence-corrected chi connectivity index (χ3v) is 6.54. The number of rotatable bonds is 8. The van der Waals surface area contributed by atoms with Gasteiger partial charge in [0.1, 0.15) is 0 Å². The van der Waals surface area contributed by atoms with Gasteiger partial charge in [-0.1, -0.05) is 48.0 Å². The molecule has 0 radical (unpaired) electrons. The van der Waals surface area contributed by atoms with Gasteiger partial charge in [0.25, 0.3) is 0 Å². The molecule has 0 bridgehead atoms. The number of ether oxygens (including phenoxy) is 1. The Morgan fingerprint density at radius 2 is 1.86 bits per heavy atom. The highest BCUT2D eigenvalue weighted by atomic mass is 32.2. The Morgan fingerprint density at radius 1 is 1.14 bits per heavy atom. The van der Waals surface area contributed by atoms with Gasteiger partial charge >= 0.3 is 0 Å². The van der Waals surface area contributed by atoms with Gasteiger partial charge in [0.2, 0.25) is 15.9 Å². The topological polar surface area (TPSA) is 75.7 Å². The van der Waals surface area contributed by atoms with Crippen molar-refractivity contribution in [2.75, 3.05) is 19.7 Å². The summed E-state index contributed by atoms with van der Waals surface area (Å²) in [7, 11) is -3.80. The highest BCUT2D eigenvalue weighted by molar-refractivity contribution is 7.89. The number of amides is 1. The number of benzene rings is 2. The SMILES string of the molecule is Cc1ccc(CN(CC(=O)NCC2CCCO2)S(=O)(=O)c2ccccc2)cc1. The monoisotopic (exact) mass is 402 g/mol. The van der Waals surface area contributed by atoms with Crippen LogP contribution in [0.3, 0.4) is 0 Å². The Balaban J connectivity index is 1.75. The first-order valence-electron chi connectivity index (χ1n) is 9.44. The number of aryl methyl sites for hydroxylation is 1. The molecule has 1 fully saturated rings. The summed E-state index contributed by atoms with van der Waals surface area (Å²) in [5, 5.41) is 2.80. The van der Waals surface area contributed by atoms with Crippen LogP contribution in [-0.2, 0) is 26.1 Å². The first kappa shape index (κ1) is 20.5. The lowest BCUT2D eigenvalue weighted by Crippen LogP contribution is -2.42. The Bertz CT molecular complexity index is 876. The zero-order valence-electron chi connectivity index (χ0n) is 16.0. The van der Waals surface area contributed by atoms with Crippen LogP contribution in [0.1, 0.15) is 24.0 Å². The maximum Gasteiger partial charge on any atom is 0.243 e. The second-order valence-electron chi connectivity index (χ2n) is 7.01. The fourth-order valence-corrected chi connectivity index (χ4v) is 4.52. The molecule has 1 amide bonds. The summed E-state index contributed by atoms with van der Waals surface area (Å²) >= 11 is 0. The second kappa shape index (κ2) is 9.32. The third-order valence-electron chi connectivity index (χ3n) is 4.73. The van der Waals surface area contributed by atoms with Crippen molar-refractivity contribution in [3.05, 3.63) is 65.7 Å². The fourth-order valence-electron chi connectivity index (χ4n) is 3.11. The van der Waals surface area contributed by atoms with Crippen LogP contribution in [0.2, 0.25) is 0 Å². The molecule has 0 aromatic heterocycles. The molecule has 7 heteroatoms. The van der Waals surface area contributed by atoms with Crippen molar-refractivity contribution in [1.29, 1.82) is 0 Å². The summed E-state index contributed by atoms with van der Waals surface area (Å²) in [6, 6.07) is 15.8. The number of sulfonamides is 1. The average Bonchev–Trinajstić information content (AvgIpc) is 3.22. The Kier molecular flexibility index (Phi) is 6.83. The van der Waals surface area contributed by atoms with Gasteiger partial charge in [0.05, 0.1) is 17.5 Å². The van der Waals surface area contributed by atoms with Crippen LogP contribution in [0, 0.1) is 6.92 Å². The summed E-state index contributed by atoms with van der Waals surface area (Å²) in [6.45, 7) is 2.98. The molecule has 28 heavy (non-hydrogen) atoms. The molecule has 1 saturated heterocycles. The van der Waals surface area contributed by atoms with Crippen molar-refractivity contribution in [3.63, 3.8) is 0 Å². The summed E-state index contributed by atoms with van der Waals surface area (Å²) in [5.41, 5.74) is 1.92. The van der Waals surface area contributed by atoms with E-state index in [2.05, 4.69) is 5.32 Å². The lowest BCUT2D eigenvalue weighted by atomic mass is 10.1. The molecule has 1 aliphatic rings. The standard InChI is InChI=1S/C21H26N2O4S/c1-17-9-11-18(12-10-17)15-23(28(25,26)20-7-3-2-4-8-20)16-21(24)22-14-19-6-5-13-27-19/h2-4,7-12,19H,5-6,13-16H2,1H3,(H,22,24). The van der Waals surface area contributed by atoms with Gasteiger partial charge in [-0.25, -0.2) is 8.42 Å². The van der Waals surface area contributed by atoms with E-state index in [1.807, 2.05) is 31.2 Å². The predicted octanol–water partition coefficient (Wildman–Crippen LogP) is 2.48. The lowest BCUT2D eigenvalue weighted by molar-refractivity contribution is -0.121. The van der Waals surface area contributed by atoms with Crippen molar-refractivity contribution >= 4 is 15.9 Å². The van der Waals surface area contributed by atoms with Crippen LogP contribution in [-0.4, -0.2) is 44.4 Å². The van der Waals surface area contributed by atoms with Crippen molar-refractivity contribution < 1.29 is 17.9 Å². The Hall–Kier alpha value is -2.22. The summed E-state index contributed by atoms with van der Waals surface area (Å²) in [5.74, 6) is -0.331. The van der Waals surface area contributed by atoms with E-state index in [1.165, 1.54) is 4.31 Å².